The number of aromatic nitrogens is 2. The highest BCUT2D eigenvalue weighted by atomic mass is 35.5. The van der Waals surface area contributed by atoms with Crippen LogP contribution in [0.4, 0.5) is 0 Å². The molecule has 1 aromatic heterocycles. The van der Waals surface area contributed by atoms with E-state index in [2.05, 4.69) is 9.97 Å². The number of rotatable bonds is 2. The van der Waals surface area contributed by atoms with Crippen LogP contribution in [0.25, 0.3) is 0 Å². The second kappa shape index (κ2) is 4.85. The van der Waals surface area contributed by atoms with Gasteiger partial charge in [-0.1, -0.05) is 11.6 Å². The van der Waals surface area contributed by atoms with Crippen molar-refractivity contribution in [3.63, 3.8) is 0 Å². The molecule has 0 fully saturated rings. The Morgan fingerprint density at radius 1 is 1.00 bits per heavy atom. The van der Waals surface area contributed by atoms with Gasteiger partial charge in [0.1, 0.15) is 0 Å². The Kier molecular flexibility index (Phi) is 3.46. The predicted octanol–water partition coefficient (Wildman–Crippen LogP) is 3.90. The molecule has 0 aliphatic carbocycles. The van der Waals surface area contributed by atoms with Gasteiger partial charge in [0.25, 0.3) is 0 Å². The van der Waals surface area contributed by atoms with Gasteiger partial charge in [-0.2, -0.15) is 0 Å². The highest BCUT2D eigenvalue weighted by Gasteiger charge is 2.02. The minimum Gasteiger partial charge on any atom is -0.228 e. The van der Waals surface area contributed by atoms with E-state index < -0.39 is 0 Å². The first kappa shape index (κ1) is 11.4. The van der Waals surface area contributed by atoms with Crippen molar-refractivity contribution in [3.05, 3.63) is 46.7 Å². The summed E-state index contributed by atoms with van der Waals surface area (Å²) in [5.41, 5.74) is 1.98. The monoisotopic (exact) mass is 250 g/mol. The highest BCUT2D eigenvalue weighted by Crippen LogP contribution is 2.25. The molecular formula is C12H11ClN2S. The molecule has 16 heavy (non-hydrogen) atoms. The van der Waals surface area contributed by atoms with Crippen LogP contribution in [0.1, 0.15) is 11.4 Å². The normalized spacial score (nSPS) is 10.4. The van der Waals surface area contributed by atoms with Crippen molar-refractivity contribution in [2.75, 3.05) is 0 Å². The van der Waals surface area contributed by atoms with Gasteiger partial charge >= 0.3 is 0 Å². The maximum Gasteiger partial charge on any atom is 0.192 e. The molecule has 0 aliphatic heterocycles. The second-order valence-corrected chi connectivity index (χ2v) is 4.97. The molecule has 0 N–H and O–H groups in total. The number of hydrogen-bond donors (Lipinski definition) is 0. The molecule has 0 saturated carbocycles. The maximum absolute atomic E-state index is 5.82. The number of nitrogens with zero attached hydrogens (tertiary/aromatic N) is 2. The van der Waals surface area contributed by atoms with Gasteiger partial charge in [0.05, 0.1) is 0 Å². The lowest BCUT2D eigenvalue weighted by atomic mass is 10.4. The van der Waals surface area contributed by atoms with Gasteiger partial charge < -0.3 is 0 Å². The lowest BCUT2D eigenvalue weighted by Gasteiger charge is -2.02. The number of hydrogen-bond acceptors (Lipinski definition) is 3. The maximum atomic E-state index is 5.82. The second-order valence-electron chi connectivity index (χ2n) is 3.49. The van der Waals surface area contributed by atoms with Gasteiger partial charge in [-0.15, -0.1) is 0 Å². The van der Waals surface area contributed by atoms with E-state index in [-0.39, 0.29) is 0 Å². The SMILES string of the molecule is Cc1cc(C)nc(Sc2ccc(Cl)cc2)n1. The topological polar surface area (TPSA) is 25.8 Å². The van der Waals surface area contributed by atoms with Crippen LogP contribution in [-0.2, 0) is 0 Å². The summed E-state index contributed by atoms with van der Waals surface area (Å²) in [5.74, 6) is 0. The lowest BCUT2D eigenvalue weighted by Crippen LogP contribution is -1.92. The zero-order chi connectivity index (χ0) is 11.5. The fraction of sp³-hybridized carbons (Fsp3) is 0.167. The summed E-state index contributed by atoms with van der Waals surface area (Å²) in [6, 6.07) is 9.63. The van der Waals surface area contributed by atoms with Gasteiger partial charge in [-0.05, 0) is 55.9 Å². The van der Waals surface area contributed by atoms with Crippen LogP contribution >= 0.6 is 23.4 Å². The molecule has 0 aliphatic rings. The molecule has 0 unspecified atom stereocenters. The van der Waals surface area contributed by atoms with Crippen LogP contribution in [0, 0.1) is 13.8 Å². The Morgan fingerprint density at radius 3 is 2.12 bits per heavy atom. The third kappa shape index (κ3) is 2.97. The van der Waals surface area contributed by atoms with E-state index in [1.807, 2.05) is 44.2 Å². The molecule has 0 radical (unpaired) electrons. The first-order chi connectivity index (χ1) is 7.63. The van der Waals surface area contributed by atoms with Crippen LogP contribution in [0.2, 0.25) is 5.02 Å². The Balaban J connectivity index is 2.23. The third-order valence-electron chi connectivity index (χ3n) is 1.98. The van der Waals surface area contributed by atoms with Crippen LogP contribution in [-0.4, -0.2) is 9.97 Å². The van der Waals surface area contributed by atoms with Crippen molar-refractivity contribution >= 4 is 23.4 Å². The Hall–Kier alpha value is -1.06. The first-order valence-corrected chi connectivity index (χ1v) is 6.08. The van der Waals surface area contributed by atoms with Crippen molar-refractivity contribution in [3.8, 4) is 0 Å². The number of halogens is 1. The molecule has 1 aromatic carbocycles. The highest BCUT2D eigenvalue weighted by molar-refractivity contribution is 7.99. The van der Waals surface area contributed by atoms with Crippen LogP contribution in [0.5, 0.6) is 0 Å². The molecule has 0 atom stereocenters. The molecule has 0 saturated heterocycles. The summed E-state index contributed by atoms with van der Waals surface area (Å²) >= 11 is 7.37. The molecule has 0 amide bonds. The third-order valence-corrected chi connectivity index (χ3v) is 3.11. The summed E-state index contributed by atoms with van der Waals surface area (Å²) in [6.07, 6.45) is 0. The molecule has 4 heteroatoms. The summed E-state index contributed by atoms with van der Waals surface area (Å²) in [4.78, 5) is 9.83. The van der Waals surface area contributed by atoms with Gasteiger partial charge in [-0.25, -0.2) is 9.97 Å². The van der Waals surface area contributed by atoms with Gasteiger partial charge in [-0.3, -0.25) is 0 Å². The van der Waals surface area contributed by atoms with E-state index in [1.54, 1.807) is 11.8 Å². The Bertz CT molecular complexity index is 477. The van der Waals surface area contributed by atoms with E-state index in [0.29, 0.717) is 0 Å². The quantitative estimate of drug-likeness (QED) is 0.756. The number of aryl methyl sites for hydroxylation is 2. The minimum atomic E-state index is 0.741. The summed E-state index contributed by atoms with van der Waals surface area (Å²) in [5, 5.41) is 1.52. The van der Waals surface area contributed by atoms with Gasteiger partial charge in [0, 0.05) is 21.3 Å². The fourth-order valence-electron chi connectivity index (χ4n) is 1.35. The van der Waals surface area contributed by atoms with E-state index in [4.69, 9.17) is 11.6 Å². The summed E-state index contributed by atoms with van der Waals surface area (Å²) in [6.45, 7) is 3.95. The fourth-order valence-corrected chi connectivity index (χ4v) is 2.34. The standard InChI is InChI=1S/C12H11ClN2S/c1-8-7-9(2)15-12(14-8)16-11-5-3-10(13)4-6-11/h3-7H,1-2H3. The average Bonchev–Trinajstić information content (AvgIpc) is 2.20. The van der Waals surface area contributed by atoms with Crippen LogP contribution in [0.3, 0.4) is 0 Å². The molecule has 0 spiro atoms. The minimum absolute atomic E-state index is 0.741. The Labute approximate surface area is 104 Å². The zero-order valence-corrected chi connectivity index (χ0v) is 10.6. The molecule has 2 nitrogen and oxygen atoms in total. The van der Waals surface area contributed by atoms with Gasteiger partial charge in [0.15, 0.2) is 5.16 Å². The molecular weight excluding hydrogens is 240 g/mol. The summed E-state index contributed by atoms with van der Waals surface area (Å²) < 4.78 is 0. The van der Waals surface area contributed by atoms with E-state index in [9.17, 15) is 0 Å². The number of benzene rings is 1. The average molecular weight is 251 g/mol. The largest absolute Gasteiger partial charge is 0.228 e. The van der Waals surface area contributed by atoms with Crippen molar-refractivity contribution in [2.24, 2.45) is 0 Å². The summed E-state index contributed by atoms with van der Waals surface area (Å²) in [7, 11) is 0. The smallest absolute Gasteiger partial charge is 0.192 e. The Morgan fingerprint density at radius 2 is 1.56 bits per heavy atom. The van der Waals surface area contributed by atoms with E-state index >= 15 is 0 Å². The van der Waals surface area contributed by atoms with Crippen LogP contribution in [0.15, 0.2) is 40.4 Å². The van der Waals surface area contributed by atoms with E-state index in [1.165, 1.54) is 0 Å². The van der Waals surface area contributed by atoms with Crippen molar-refractivity contribution < 1.29 is 0 Å². The molecule has 0 bridgehead atoms. The molecule has 82 valence electrons. The predicted molar refractivity (Wildman–Crippen MR) is 67.1 cm³/mol. The van der Waals surface area contributed by atoms with Gasteiger partial charge in [0.2, 0.25) is 0 Å². The van der Waals surface area contributed by atoms with Crippen LogP contribution < -0.4 is 0 Å². The molecule has 2 aromatic rings. The van der Waals surface area contributed by atoms with E-state index in [0.717, 1.165) is 26.5 Å². The molecule has 1 heterocycles. The first-order valence-electron chi connectivity index (χ1n) is 4.89. The van der Waals surface area contributed by atoms with Crippen molar-refractivity contribution in [1.29, 1.82) is 0 Å². The zero-order valence-electron chi connectivity index (χ0n) is 9.07. The van der Waals surface area contributed by atoms with Crippen molar-refractivity contribution in [1.82, 2.24) is 9.97 Å². The lowest BCUT2D eigenvalue weighted by molar-refractivity contribution is 0.902. The molecule has 2 rings (SSSR count). The van der Waals surface area contributed by atoms with Crippen molar-refractivity contribution in [2.45, 2.75) is 23.9 Å².